The number of carbonyl (C=O) groups excluding carboxylic acids is 2. The van der Waals surface area contributed by atoms with Crippen LogP contribution < -0.4 is 20.7 Å². The van der Waals surface area contributed by atoms with E-state index in [-0.39, 0.29) is 5.91 Å². The second-order valence-electron chi connectivity index (χ2n) is 9.60. The number of likely N-dealkylation sites (tertiary alicyclic amines) is 1. The fraction of sp³-hybridized carbons (Fsp3) is 0.233. The highest BCUT2D eigenvalue weighted by Crippen LogP contribution is 2.33. The third-order valence-corrected chi connectivity index (χ3v) is 7.28. The molecule has 3 aromatic carbocycles. The Kier molecular flexibility index (Phi) is 7.19. The molecule has 39 heavy (non-hydrogen) atoms. The predicted octanol–water partition coefficient (Wildman–Crippen LogP) is 3.77. The number of hydroxylamine groups is 1. The van der Waals surface area contributed by atoms with Gasteiger partial charge in [0.05, 0.1) is 18.3 Å². The van der Waals surface area contributed by atoms with Crippen molar-refractivity contribution < 1.29 is 24.3 Å². The molecule has 2 heterocycles. The maximum atomic E-state index is 13.1. The molecule has 4 N–H and O–H groups in total. The van der Waals surface area contributed by atoms with Crippen molar-refractivity contribution in [1.82, 2.24) is 15.4 Å². The van der Waals surface area contributed by atoms with Crippen LogP contribution in [0, 0.1) is 0 Å². The van der Waals surface area contributed by atoms with Gasteiger partial charge in [-0.2, -0.15) is 0 Å². The number of benzene rings is 3. The van der Waals surface area contributed by atoms with E-state index in [1.54, 1.807) is 43.8 Å². The van der Waals surface area contributed by atoms with Gasteiger partial charge in [-0.3, -0.25) is 14.8 Å². The monoisotopic (exact) mass is 526 g/mol. The number of hydrogen-bond donors (Lipinski definition) is 3. The van der Waals surface area contributed by atoms with E-state index in [0.29, 0.717) is 30.9 Å². The normalized spacial score (nSPS) is 17.7. The quantitative estimate of drug-likeness (QED) is 0.236. The topological polar surface area (TPSA) is 127 Å². The molecule has 1 aliphatic heterocycles. The van der Waals surface area contributed by atoms with Gasteiger partial charge in [0.15, 0.2) is 0 Å². The van der Waals surface area contributed by atoms with Gasteiger partial charge in [0.25, 0.3) is 5.91 Å². The zero-order valence-electron chi connectivity index (χ0n) is 21.8. The van der Waals surface area contributed by atoms with Crippen LogP contribution in [0.3, 0.4) is 0 Å². The second-order valence-corrected chi connectivity index (χ2v) is 9.60. The number of aromatic nitrogens is 1. The second kappa shape index (κ2) is 10.7. The van der Waals surface area contributed by atoms with Crippen LogP contribution in [-0.4, -0.2) is 46.6 Å². The first kappa shape index (κ1) is 26.1. The van der Waals surface area contributed by atoms with Crippen molar-refractivity contribution in [3.8, 4) is 22.8 Å². The van der Waals surface area contributed by atoms with Crippen molar-refractivity contribution in [1.29, 1.82) is 0 Å². The Morgan fingerprint density at radius 3 is 2.62 bits per heavy atom. The molecular weight excluding hydrogens is 496 g/mol. The molecule has 1 saturated heterocycles. The minimum Gasteiger partial charge on any atom is -0.497 e. The Morgan fingerprint density at radius 1 is 1.10 bits per heavy atom. The molecule has 0 bridgehead atoms. The van der Waals surface area contributed by atoms with Crippen LogP contribution in [0.25, 0.3) is 22.2 Å². The number of fused-ring (bicyclic) bond motifs is 1. The number of methoxy groups -OCH3 is 1. The van der Waals surface area contributed by atoms with E-state index in [0.717, 1.165) is 33.5 Å². The standard InChI is InChI=1S/C30H30N4O5/c1-19(28(35)33-37)34-15-14-30(31,29(34)36)22-10-12-23(13-11-22)39-18-21-17-27(20-6-5-7-24(16-20)38-2)32-26-9-4-3-8-25(21)26/h3-13,16-17,19,37H,14-15,18,31H2,1-2H3,(H,33,35). The SMILES string of the molecule is COc1cccc(-c2cc(COc3ccc(C4(N)CCN(C(C)C(=O)NO)C4=O)cc3)c3ccccc3n2)c1. The number of para-hydroxylation sites is 1. The van der Waals surface area contributed by atoms with Gasteiger partial charge >= 0.3 is 0 Å². The molecule has 2 amide bonds. The van der Waals surface area contributed by atoms with Gasteiger partial charge in [0.1, 0.15) is 29.7 Å². The van der Waals surface area contributed by atoms with Gasteiger partial charge in [-0.25, -0.2) is 10.5 Å². The van der Waals surface area contributed by atoms with Gasteiger partial charge in [-0.15, -0.1) is 0 Å². The fourth-order valence-electron chi connectivity index (χ4n) is 4.94. The first-order valence-corrected chi connectivity index (χ1v) is 12.6. The minimum absolute atomic E-state index is 0.312. The van der Waals surface area contributed by atoms with Crippen molar-refractivity contribution >= 4 is 22.7 Å². The highest BCUT2D eigenvalue weighted by Gasteiger charge is 2.47. The highest BCUT2D eigenvalue weighted by molar-refractivity contribution is 5.94. The van der Waals surface area contributed by atoms with Crippen molar-refractivity contribution in [2.24, 2.45) is 5.73 Å². The lowest BCUT2D eigenvalue weighted by atomic mass is 9.89. The minimum atomic E-state index is -1.25. The molecule has 0 saturated carbocycles. The zero-order valence-corrected chi connectivity index (χ0v) is 21.8. The van der Waals surface area contributed by atoms with Crippen LogP contribution in [0.5, 0.6) is 11.5 Å². The van der Waals surface area contributed by atoms with E-state index < -0.39 is 17.5 Å². The first-order valence-electron chi connectivity index (χ1n) is 12.6. The summed E-state index contributed by atoms with van der Waals surface area (Å²) < 4.78 is 11.5. The number of nitrogens with one attached hydrogen (secondary N) is 1. The number of pyridine rings is 1. The van der Waals surface area contributed by atoms with Gasteiger partial charge in [-0.1, -0.05) is 42.5 Å². The van der Waals surface area contributed by atoms with Crippen molar-refractivity contribution in [3.63, 3.8) is 0 Å². The van der Waals surface area contributed by atoms with Crippen LogP contribution in [0.1, 0.15) is 24.5 Å². The maximum absolute atomic E-state index is 13.1. The Morgan fingerprint density at radius 2 is 1.87 bits per heavy atom. The molecule has 9 heteroatoms. The third-order valence-electron chi connectivity index (χ3n) is 7.28. The Bertz CT molecular complexity index is 1520. The number of nitrogens with two attached hydrogens (primary N) is 1. The number of amides is 2. The summed E-state index contributed by atoms with van der Waals surface area (Å²) >= 11 is 0. The largest absolute Gasteiger partial charge is 0.497 e. The first-order chi connectivity index (χ1) is 18.8. The van der Waals surface area contributed by atoms with E-state index in [1.165, 1.54) is 4.90 Å². The van der Waals surface area contributed by atoms with Crippen molar-refractivity contribution in [3.05, 3.63) is 90.0 Å². The van der Waals surface area contributed by atoms with E-state index in [1.807, 2.05) is 54.6 Å². The Hall–Kier alpha value is -4.47. The average Bonchev–Trinajstić information content (AvgIpc) is 3.29. The molecule has 4 aromatic rings. The summed E-state index contributed by atoms with van der Waals surface area (Å²) in [7, 11) is 1.64. The number of ether oxygens (including phenoxy) is 2. The zero-order chi connectivity index (χ0) is 27.6. The van der Waals surface area contributed by atoms with Gasteiger partial charge in [0.2, 0.25) is 5.91 Å². The summed E-state index contributed by atoms with van der Waals surface area (Å²) in [6, 6.07) is 24.0. The summed E-state index contributed by atoms with van der Waals surface area (Å²) in [4.78, 5) is 31.1. The average molecular weight is 527 g/mol. The van der Waals surface area contributed by atoms with Gasteiger partial charge in [0, 0.05) is 23.1 Å². The molecular formula is C30H30N4O5. The molecule has 0 radical (unpaired) electrons. The maximum Gasteiger partial charge on any atom is 0.265 e. The number of rotatable bonds is 8. The fourth-order valence-corrected chi connectivity index (χ4v) is 4.94. The highest BCUT2D eigenvalue weighted by atomic mass is 16.5. The van der Waals surface area contributed by atoms with Crippen molar-refractivity contribution in [2.75, 3.05) is 13.7 Å². The lowest BCUT2D eigenvalue weighted by Crippen LogP contribution is -2.50. The van der Waals surface area contributed by atoms with E-state index in [2.05, 4.69) is 0 Å². The molecule has 5 rings (SSSR count). The number of nitrogens with zero attached hydrogens (tertiary/aromatic N) is 2. The van der Waals surface area contributed by atoms with Gasteiger partial charge in [-0.05, 0) is 55.3 Å². The summed E-state index contributed by atoms with van der Waals surface area (Å²) in [5.41, 5.74) is 11.1. The summed E-state index contributed by atoms with van der Waals surface area (Å²) in [6.07, 6.45) is 0.352. The molecule has 1 aliphatic rings. The summed E-state index contributed by atoms with van der Waals surface area (Å²) in [6.45, 7) is 2.18. The number of hydrogen-bond acceptors (Lipinski definition) is 7. The van der Waals surface area contributed by atoms with E-state index in [9.17, 15) is 9.59 Å². The smallest absolute Gasteiger partial charge is 0.265 e. The molecule has 1 fully saturated rings. The third kappa shape index (κ3) is 5.01. The molecule has 0 aliphatic carbocycles. The lowest BCUT2D eigenvalue weighted by molar-refractivity contribution is -0.143. The molecule has 9 nitrogen and oxygen atoms in total. The van der Waals surface area contributed by atoms with Crippen molar-refractivity contribution in [2.45, 2.75) is 31.5 Å². The lowest BCUT2D eigenvalue weighted by Gasteiger charge is -2.27. The van der Waals surface area contributed by atoms with Crippen LogP contribution in [0.15, 0.2) is 78.9 Å². The van der Waals surface area contributed by atoms with Crippen LogP contribution in [0.2, 0.25) is 0 Å². The predicted molar refractivity (Wildman–Crippen MR) is 146 cm³/mol. The van der Waals surface area contributed by atoms with E-state index >= 15 is 0 Å². The van der Waals surface area contributed by atoms with Crippen LogP contribution >= 0.6 is 0 Å². The number of carbonyl (C=O) groups is 2. The molecule has 1 aromatic heterocycles. The molecule has 200 valence electrons. The molecule has 0 spiro atoms. The van der Waals surface area contributed by atoms with Gasteiger partial charge < -0.3 is 20.1 Å². The van der Waals surface area contributed by atoms with Crippen LogP contribution in [0.4, 0.5) is 0 Å². The Balaban J connectivity index is 1.35. The summed E-state index contributed by atoms with van der Waals surface area (Å²) in [5, 5.41) is 9.92. The van der Waals surface area contributed by atoms with Crippen LogP contribution in [-0.2, 0) is 21.7 Å². The molecule has 2 unspecified atom stereocenters. The Labute approximate surface area is 226 Å². The van der Waals surface area contributed by atoms with E-state index in [4.69, 9.17) is 25.4 Å². The molecule has 2 atom stereocenters. The summed E-state index contributed by atoms with van der Waals surface area (Å²) in [5.74, 6) is 0.365.